The molecule has 0 aliphatic carbocycles. The summed E-state index contributed by atoms with van der Waals surface area (Å²) in [5.41, 5.74) is 3.81. The minimum absolute atomic E-state index is 0.559. The largest absolute Gasteiger partial charge is 0.299 e. The van der Waals surface area contributed by atoms with E-state index in [2.05, 4.69) is 38.8 Å². The summed E-state index contributed by atoms with van der Waals surface area (Å²) >= 11 is 6.94. The zero-order valence-corrected chi connectivity index (χ0v) is 19.8. The van der Waals surface area contributed by atoms with Gasteiger partial charge < -0.3 is 0 Å². The Kier molecular flexibility index (Phi) is 6.35. The predicted octanol–water partition coefficient (Wildman–Crippen LogP) is 4.23. The van der Waals surface area contributed by atoms with E-state index in [1.807, 2.05) is 53.2 Å². The molecule has 0 radical (unpaired) electrons. The first-order valence-corrected chi connectivity index (χ1v) is 11.9. The van der Waals surface area contributed by atoms with Crippen LogP contribution in [-0.2, 0) is 6.54 Å². The van der Waals surface area contributed by atoms with Crippen molar-refractivity contribution in [3.8, 4) is 22.6 Å². The lowest BCUT2D eigenvalue weighted by Crippen LogP contribution is -2.49. The Balaban J connectivity index is 1.49. The van der Waals surface area contributed by atoms with Crippen LogP contribution in [0.4, 0.5) is 0 Å². The highest BCUT2D eigenvalue weighted by atomic mass is 35.5. The number of piperazine rings is 1. The van der Waals surface area contributed by atoms with Crippen molar-refractivity contribution in [2.75, 3.05) is 32.7 Å². The summed E-state index contributed by atoms with van der Waals surface area (Å²) in [4.78, 5) is 9.54. The molecule has 1 aliphatic heterocycles. The van der Waals surface area contributed by atoms with E-state index in [1.165, 1.54) is 0 Å². The second-order valence-electron chi connectivity index (χ2n) is 8.69. The minimum Gasteiger partial charge on any atom is -0.299 e. The van der Waals surface area contributed by atoms with Gasteiger partial charge in [0.2, 0.25) is 0 Å². The number of hydrogen-bond acceptors (Lipinski definition) is 6. The summed E-state index contributed by atoms with van der Waals surface area (Å²) in [6, 6.07) is 16.3. The molecule has 3 aromatic heterocycles. The summed E-state index contributed by atoms with van der Waals surface area (Å²) < 4.78 is 1.93. The third-order valence-electron chi connectivity index (χ3n) is 6.32. The van der Waals surface area contributed by atoms with Crippen LogP contribution in [0.15, 0.2) is 54.7 Å². The standard InChI is InChI=1S/C25H28ClN7/c1-18(2)32-15-12-31(13-16-32)14-17-33-25-21(24(30-33)20-10-6-7-11-27-20)22(26)23(28-29-25)19-8-4-3-5-9-19/h3-11,18H,12-17H2,1-2H3. The summed E-state index contributed by atoms with van der Waals surface area (Å²) in [5, 5.41) is 15.3. The minimum atomic E-state index is 0.559. The van der Waals surface area contributed by atoms with Gasteiger partial charge in [0.1, 0.15) is 11.4 Å². The molecule has 0 spiro atoms. The molecule has 0 unspecified atom stereocenters. The number of benzene rings is 1. The maximum Gasteiger partial charge on any atom is 0.182 e. The van der Waals surface area contributed by atoms with Gasteiger partial charge in [-0.15, -0.1) is 10.2 Å². The number of aromatic nitrogens is 5. The van der Waals surface area contributed by atoms with Gasteiger partial charge in [-0.1, -0.05) is 48.0 Å². The fourth-order valence-corrected chi connectivity index (χ4v) is 4.70. The molecule has 0 saturated carbocycles. The zero-order valence-electron chi connectivity index (χ0n) is 19.0. The predicted molar refractivity (Wildman–Crippen MR) is 132 cm³/mol. The summed E-state index contributed by atoms with van der Waals surface area (Å²) in [6.07, 6.45) is 1.77. The third kappa shape index (κ3) is 4.49. The molecule has 1 aromatic carbocycles. The Hall–Kier alpha value is -2.87. The second-order valence-corrected chi connectivity index (χ2v) is 9.06. The summed E-state index contributed by atoms with van der Waals surface area (Å²) in [6.45, 7) is 10.5. The van der Waals surface area contributed by atoms with E-state index < -0.39 is 0 Å². The monoisotopic (exact) mass is 461 g/mol. The maximum absolute atomic E-state index is 6.94. The van der Waals surface area contributed by atoms with Crippen molar-refractivity contribution in [1.82, 2.24) is 34.8 Å². The average Bonchev–Trinajstić information content (AvgIpc) is 3.24. The van der Waals surface area contributed by atoms with Crippen LogP contribution in [0.1, 0.15) is 13.8 Å². The lowest BCUT2D eigenvalue weighted by molar-refractivity contribution is 0.105. The third-order valence-corrected chi connectivity index (χ3v) is 6.69. The molecule has 0 bridgehead atoms. The number of pyridine rings is 1. The molecule has 0 N–H and O–H groups in total. The summed E-state index contributed by atoms with van der Waals surface area (Å²) in [5.74, 6) is 0. The Morgan fingerprint density at radius 2 is 1.64 bits per heavy atom. The van der Waals surface area contributed by atoms with E-state index in [-0.39, 0.29) is 0 Å². The van der Waals surface area contributed by atoms with Crippen molar-refractivity contribution >= 4 is 22.6 Å². The van der Waals surface area contributed by atoms with Crippen LogP contribution >= 0.6 is 11.6 Å². The van der Waals surface area contributed by atoms with E-state index in [4.69, 9.17) is 16.7 Å². The molecule has 0 atom stereocenters. The first-order valence-electron chi connectivity index (χ1n) is 11.5. The van der Waals surface area contributed by atoms with Gasteiger partial charge >= 0.3 is 0 Å². The molecule has 170 valence electrons. The highest BCUT2D eigenvalue weighted by molar-refractivity contribution is 6.38. The Morgan fingerprint density at radius 1 is 0.879 bits per heavy atom. The maximum atomic E-state index is 6.94. The highest BCUT2D eigenvalue weighted by Gasteiger charge is 2.23. The SMILES string of the molecule is CC(C)N1CCN(CCn2nc(-c3ccccn3)c3c(Cl)c(-c4ccccc4)nnc32)CC1. The molecular formula is C25H28ClN7. The quantitative estimate of drug-likeness (QED) is 0.428. The van der Waals surface area contributed by atoms with Crippen molar-refractivity contribution in [3.05, 3.63) is 59.8 Å². The van der Waals surface area contributed by atoms with Crippen LogP contribution in [0.2, 0.25) is 5.02 Å². The molecule has 8 heteroatoms. The van der Waals surface area contributed by atoms with Crippen molar-refractivity contribution in [2.24, 2.45) is 0 Å². The van der Waals surface area contributed by atoms with Gasteiger partial charge in [-0.25, -0.2) is 4.68 Å². The van der Waals surface area contributed by atoms with E-state index in [9.17, 15) is 0 Å². The normalized spacial score (nSPS) is 15.5. The second kappa shape index (κ2) is 9.55. The van der Waals surface area contributed by atoms with Gasteiger partial charge in [0.25, 0.3) is 0 Å². The molecule has 1 saturated heterocycles. The number of rotatable bonds is 6. The fraction of sp³-hybridized carbons (Fsp3) is 0.360. The molecular weight excluding hydrogens is 434 g/mol. The smallest absolute Gasteiger partial charge is 0.182 e. The first kappa shape index (κ1) is 21.9. The van der Waals surface area contributed by atoms with Gasteiger partial charge in [-0.2, -0.15) is 5.10 Å². The Bertz CT molecular complexity index is 1220. The zero-order chi connectivity index (χ0) is 22.8. The number of halogens is 1. The van der Waals surface area contributed by atoms with Crippen LogP contribution in [0.3, 0.4) is 0 Å². The lowest BCUT2D eigenvalue weighted by atomic mass is 10.1. The number of hydrogen-bond donors (Lipinski definition) is 0. The van der Waals surface area contributed by atoms with Gasteiger partial charge in [0.15, 0.2) is 5.65 Å². The van der Waals surface area contributed by atoms with Gasteiger partial charge in [0, 0.05) is 50.5 Å². The van der Waals surface area contributed by atoms with Gasteiger partial charge in [-0.3, -0.25) is 14.8 Å². The molecule has 4 aromatic rings. The van der Waals surface area contributed by atoms with Crippen LogP contribution < -0.4 is 0 Å². The van der Waals surface area contributed by atoms with E-state index >= 15 is 0 Å². The molecule has 7 nitrogen and oxygen atoms in total. The average molecular weight is 462 g/mol. The Labute approximate surface area is 199 Å². The van der Waals surface area contributed by atoms with Crippen LogP contribution in [0.25, 0.3) is 33.7 Å². The van der Waals surface area contributed by atoms with E-state index in [1.54, 1.807) is 6.20 Å². The van der Waals surface area contributed by atoms with Crippen LogP contribution in [0.5, 0.6) is 0 Å². The van der Waals surface area contributed by atoms with Crippen LogP contribution in [-0.4, -0.2) is 73.5 Å². The number of fused-ring (bicyclic) bond motifs is 1. The molecule has 33 heavy (non-hydrogen) atoms. The first-order chi connectivity index (χ1) is 16.1. The van der Waals surface area contributed by atoms with Gasteiger partial charge in [0.05, 0.1) is 22.6 Å². The highest BCUT2D eigenvalue weighted by Crippen LogP contribution is 2.36. The van der Waals surface area contributed by atoms with Crippen LogP contribution in [0, 0.1) is 0 Å². The van der Waals surface area contributed by atoms with E-state index in [0.717, 1.165) is 61.6 Å². The molecule has 4 heterocycles. The van der Waals surface area contributed by atoms with Crippen molar-refractivity contribution in [1.29, 1.82) is 0 Å². The molecule has 0 amide bonds. The summed E-state index contributed by atoms with van der Waals surface area (Å²) in [7, 11) is 0. The van der Waals surface area contributed by atoms with Crippen molar-refractivity contribution in [3.63, 3.8) is 0 Å². The van der Waals surface area contributed by atoms with E-state index in [0.29, 0.717) is 22.4 Å². The van der Waals surface area contributed by atoms with Crippen molar-refractivity contribution in [2.45, 2.75) is 26.4 Å². The molecule has 1 aliphatic rings. The Morgan fingerprint density at radius 3 is 2.33 bits per heavy atom. The van der Waals surface area contributed by atoms with Crippen molar-refractivity contribution < 1.29 is 0 Å². The number of nitrogens with zero attached hydrogens (tertiary/aromatic N) is 7. The topological polar surface area (TPSA) is 63.0 Å². The fourth-order valence-electron chi connectivity index (χ4n) is 4.37. The molecule has 5 rings (SSSR count). The lowest BCUT2D eigenvalue weighted by Gasteiger charge is -2.36. The molecule has 1 fully saturated rings. The van der Waals surface area contributed by atoms with Gasteiger partial charge in [-0.05, 0) is 26.0 Å².